The molecule has 38 heavy (non-hydrogen) atoms. The van der Waals surface area contributed by atoms with Gasteiger partial charge in [-0.05, 0) is 40.7 Å². The van der Waals surface area contributed by atoms with Crippen molar-refractivity contribution in [2.24, 2.45) is 11.8 Å². The highest BCUT2D eigenvalue weighted by atomic mass is 35.5. The maximum Gasteiger partial charge on any atom is 0.235 e. The van der Waals surface area contributed by atoms with Crippen LogP contribution in [0.1, 0.15) is 53.5 Å². The minimum Gasteiger partial charge on any atom is -0.352 e. The van der Waals surface area contributed by atoms with Crippen molar-refractivity contribution >= 4 is 40.9 Å². The van der Waals surface area contributed by atoms with Crippen molar-refractivity contribution in [3.63, 3.8) is 0 Å². The highest BCUT2D eigenvalue weighted by Gasteiger charge is 2.72. The second-order valence-corrected chi connectivity index (χ2v) is 11.6. The molecule has 2 atom stereocenters. The van der Waals surface area contributed by atoms with Gasteiger partial charge in [0.2, 0.25) is 17.7 Å². The summed E-state index contributed by atoms with van der Waals surface area (Å²) in [5, 5.41) is 2.93. The summed E-state index contributed by atoms with van der Waals surface area (Å²) in [6, 6.07) is 25.1. The lowest BCUT2D eigenvalue weighted by Gasteiger charge is -2.54. The van der Waals surface area contributed by atoms with Crippen LogP contribution in [0.4, 0.5) is 0 Å². The maximum absolute atomic E-state index is 13.8. The molecule has 0 unspecified atom stereocenters. The molecule has 4 aliphatic rings. The highest BCUT2D eigenvalue weighted by molar-refractivity contribution is 6.36. The Bertz CT molecular complexity index is 1300. The molecule has 1 fully saturated rings. The molecular weight excluding hydrogens is 519 g/mol. The molecule has 3 aromatic carbocycles. The number of amides is 3. The normalized spacial score (nSPS) is 26.6. The molecule has 5 nitrogen and oxygen atoms in total. The van der Waals surface area contributed by atoms with E-state index in [-0.39, 0.29) is 17.7 Å². The van der Waals surface area contributed by atoms with E-state index in [1.807, 2.05) is 78.9 Å². The van der Waals surface area contributed by atoms with Crippen LogP contribution in [0.2, 0.25) is 0 Å². The Morgan fingerprint density at radius 2 is 1.18 bits per heavy atom. The van der Waals surface area contributed by atoms with Crippen LogP contribution in [-0.4, -0.2) is 29.2 Å². The van der Waals surface area contributed by atoms with Crippen LogP contribution < -0.4 is 5.32 Å². The zero-order valence-electron chi connectivity index (χ0n) is 20.8. The van der Waals surface area contributed by atoms with Gasteiger partial charge in [0.25, 0.3) is 0 Å². The molecule has 1 aliphatic heterocycles. The van der Waals surface area contributed by atoms with E-state index in [1.165, 1.54) is 4.90 Å². The van der Waals surface area contributed by atoms with Crippen LogP contribution in [0.15, 0.2) is 78.9 Å². The lowest BCUT2D eigenvalue weighted by molar-refractivity contribution is -0.140. The number of likely N-dealkylation sites (tertiary alicyclic amines) is 1. The molecule has 0 saturated carbocycles. The van der Waals surface area contributed by atoms with Crippen LogP contribution in [0.5, 0.6) is 0 Å². The van der Waals surface area contributed by atoms with Crippen molar-refractivity contribution in [3.8, 4) is 0 Å². The largest absolute Gasteiger partial charge is 0.352 e. The van der Waals surface area contributed by atoms with Crippen molar-refractivity contribution in [1.82, 2.24) is 10.2 Å². The number of benzene rings is 3. The minimum atomic E-state index is -1.15. The fourth-order valence-corrected chi connectivity index (χ4v) is 7.66. The number of hydrogen-bond acceptors (Lipinski definition) is 3. The van der Waals surface area contributed by atoms with E-state index in [0.29, 0.717) is 32.4 Å². The summed E-state index contributed by atoms with van der Waals surface area (Å²) in [5.74, 6) is -2.05. The average Bonchev–Trinajstić information content (AvgIpc) is 3.21. The average molecular weight is 547 g/mol. The molecule has 194 valence electrons. The number of nitrogens with zero attached hydrogens (tertiary/aromatic N) is 1. The Labute approximate surface area is 232 Å². The lowest BCUT2D eigenvalue weighted by Crippen LogP contribution is -2.57. The standard InChI is InChI=1S/C31H28Cl2N2O3/c32-30-21-13-6-7-14-22(21)31(33,24-16-9-8-15-23(24)30)27-26(30)28(37)35(29(27)38)18-10-2-5-17-25(36)34-19-20-11-3-1-4-12-20/h1,3-4,6-9,11-16,26-27H,2,5,10,17-19H2,(H,34,36)/t26-,27-,30?,31?/m0/s1. The molecule has 3 aliphatic carbocycles. The molecular formula is C31H28Cl2N2O3. The van der Waals surface area contributed by atoms with Crippen molar-refractivity contribution in [2.45, 2.75) is 42.0 Å². The number of halogens is 2. The number of rotatable bonds is 8. The van der Waals surface area contributed by atoms with Crippen LogP contribution in [-0.2, 0) is 30.7 Å². The SMILES string of the molecule is O=C(CCCCCN1C(=O)[C@@H]2[C@@H](C1=O)C1(Cl)c3ccccc3C2(Cl)c2ccccc21)NCc1ccccc1. The number of nitrogens with one attached hydrogen (secondary N) is 1. The number of unbranched alkanes of at least 4 members (excludes halogenated alkanes) is 2. The Morgan fingerprint density at radius 1 is 0.711 bits per heavy atom. The smallest absolute Gasteiger partial charge is 0.235 e. The first-order chi connectivity index (χ1) is 18.4. The summed E-state index contributed by atoms with van der Waals surface area (Å²) < 4.78 is 0. The van der Waals surface area contributed by atoms with Gasteiger partial charge in [-0.1, -0.05) is 85.3 Å². The summed E-state index contributed by atoms with van der Waals surface area (Å²) in [5.41, 5.74) is 4.28. The first kappa shape index (κ1) is 25.1. The first-order valence-electron chi connectivity index (χ1n) is 13.1. The second-order valence-electron chi connectivity index (χ2n) is 10.4. The number of hydrogen-bond donors (Lipinski definition) is 1. The topological polar surface area (TPSA) is 66.5 Å². The van der Waals surface area contributed by atoms with Gasteiger partial charge in [-0.2, -0.15) is 0 Å². The quantitative estimate of drug-likeness (QED) is 0.232. The Hall–Kier alpha value is -3.15. The van der Waals surface area contributed by atoms with Crippen molar-refractivity contribution in [2.75, 3.05) is 6.54 Å². The van der Waals surface area contributed by atoms with E-state index in [4.69, 9.17) is 23.2 Å². The third-order valence-corrected chi connectivity index (χ3v) is 9.58. The number of alkyl halides is 2. The molecule has 2 bridgehead atoms. The Morgan fingerprint density at radius 3 is 1.68 bits per heavy atom. The van der Waals surface area contributed by atoms with Crippen LogP contribution in [0.25, 0.3) is 0 Å². The summed E-state index contributed by atoms with van der Waals surface area (Å²) in [6.45, 7) is 0.799. The molecule has 0 spiro atoms. The molecule has 1 saturated heterocycles. The fraction of sp³-hybridized carbons (Fsp3) is 0.323. The molecule has 3 aromatic rings. The predicted octanol–water partition coefficient (Wildman–Crippen LogP) is 5.46. The molecule has 0 aromatic heterocycles. The van der Waals surface area contributed by atoms with Gasteiger partial charge in [0, 0.05) is 19.5 Å². The molecule has 3 amide bonds. The van der Waals surface area contributed by atoms with Gasteiger partial charge >= 0.3 is 0 Å². The third-order valence-electron chi connectivity index (χ3n) is 8.29. The van der Waals surface area contributed by atoms with Gasteiger partial charge < -0.3 is 5.32 Å². The molecule has 1 heterocycles. The van der Waals surface area contributed by atoms with Gasteiger partial charge in [0.1, 0.15) is 9.75 Å². The van der Waals surface area contributed by atoms with E-state index in [2.05, 4.69) is 5.32 Å². The molecule has 7 rings (SSSR count). The predicted molar refractivity (Wildman–Crippen MR) is 147 cm³/mol. The summed E-state index contributed by atoms with van der Waals surface area (Å²) >= 11 is 14.9. The van der Waals surface area contributed by atoms with Gasteiger partial charge in [0.05, 0.1) is 11.8 Å². The van der Waals surface area contributed by atoms with Crippen LogP contribution in [0, 0.1) is 11.8 Å². The lowest BCUT2D eigenvalue weighted by atomic mass is 9.54. The Kier molecular flexibility index (Phi) is 6.32. The van der Waals surface area contributed by atoms with Gasteiger partial charge in [-0.15, -0.1) is 23.2 Å². The zero-order valence-corrected chi connectivity index (χ0v) is 22.3. The van der Waals surface area contributed by atoms with E-state index >= 15 is 0 Å². The van der Waals surface area contributed by atoms with Gasteiger partial charge in [0.15, 0.2) is 0 Å². The Balaban J connectivity index is 1.14. The van der Waals surface area contributed by atoms with Gasteiger partial charge in [-0.25, -0.2) is 0 Å². The van der Waals surface area contributed by atoms with Crippen LogP contribution in [0.3, 0.4) is 0 Å². The van der Waals surface area contributed by atoms with Crippen molar-refractivity contribution in [1.29, 1.82) is 0 Å². The first-order valence-corrected chi connectivity index (χ1v) is 13.9. The van der Waals surface area contributed by atoms with Crippen molar-refractivity contribution in [3.05, 3.63) is 107 Å². The van der Waals surface area contributed by atoms with E-state index in [9.17, 15) is 14.4 Å². The third kappa shape index (κ3) is 3.63. The molecule has 0 radical (unpaired) electrons. The number of carbonyl (C=O) groups excluding carboxylic acids is 3. The van der Waals surface area contributed by atoms with Crippen molar-refractivity contribution < 1.29 is 14.4 Å². The second kappa shape index (κ2) is 9.55. The van der Waals surface area contributed by atoms with Crippen LogP contribution >= 0.6 is 23.2 Å². The molecule has 7 heteroatoms. The van der Waals surface area contributed by atoms with E-state index < -0.39 is 21.6 Å². The summed E-state index contributed by atoms with van der Waals surface area (Å²) in [4.78, 5) is 38.9. The van der Waals surface area contributed by atoms with E-state index in [1.54, 1.807) is 0 Å². The van der Waals surface area contributed by atoms with E-state index in [0.717, 1.165) is 34.2 Å². The highest BCUT2D eigenvalue weighted by Crippen LogP contribution is 2.69. The molecule has 1 N–H and O–H groups in total. The maximum atomic E-state index is 13.8. The number of imide groups is 1. The fourth-order valence-electron chi connectivity index (χ4n) is 6.56. The zero-order chi connectivity index (χ0) is 26.5. The summed E-state index contributed by atoms with van der Waals surface area (Å²) in [6.07, 6.45) is 2.43. The summed E-state index contributed by atoms with van der Waals surface area (Å²) in [7, 11) is 0. The van der Waals surface area contributed by atoms with Gasteiger partial charge in [-0.3, -0.25) is 19.3 Å². The monoisotopic (exact) mass is 546 g/mol. The minimum absolute atomic E-state index is 0.00605. The number of carbonyl (C=O) groups is 3.